The van der Waals surface area contributed by atoms with Crippen molar-refractivity contribution in [2.24, 2.45) is 0 Å². The number of hydrogen-bond acceptors (Lipinski definition) is 3. The highest BCUT2D eigenvalue weighted by atomic mass is 15.2. The highest BCUT2D eigenvalue weighted by Gasteiger charge is 2.25. The molecule has 0 unspecified atom stereocenters. The molecule has 0 fully saturated rings. The molecule has 290 valence electrons. The monoisotopic (exact) mass is 796 g/mol. The molecule has 12 aromatic rings. The summed E-state index contributed by atoms with van der Waals surface area (Å²) in [6.45, 7) is 0. The van der Waals surface area contributed by atoms with Crippen LogP contribution in [-0.2, 0) is 0 Å². The van der Waals surface area contributed by atoms with Crippen molar-refractivity contribution in [1.29, 1.82) is 0 Å². The van der Waals surface area contributed by atoms with Crippen LogP contribution in [0.15, 0.2) is 224 Å². The molecule has 0 saturated heterocycles. The zero-order valence-corrected chi connectivity index (χ0v) is 33.2. The van der Waals surface area contributed by atoms with Gasteiger partial charge < -0.3 is 4.57 Å². The summed E-state index contributed by atoms with van der Waals surface area (Å²) in [6, 6.07) is 63.4. The summed E-state index contributed by atoms with van der Waals surface area (Å²) in [5, 5.41) is 3.90. The van der Waals surface area contributed by atoms with Crippen LogP contribution in [0.4, 0.5) is 0 Å². The molecule has 3 aromatic heterocycles. The van der Waals surface area contributed by atoms with E-state index in [1.54, 1.807) is 0 Å². The predicted octanol–water partition coefficient (Wildman–Crippen LogP) is 14.4. The summed E-state index contributed by atoms with van der Waals surface area (Å²) in [6.07, 6.45) is 0. The molecule has 0 bridgehead atoms. The number of benzene rings is 9. The summed E-state index contributed by atoms with van der Waals surface area (Å²) >= 11 is 0. The maximum atomic E-state index is 9.22. The van der Waals surface area contributed by atoms with E-state index in [1.165, 1.54) is 0 Å². The maximum absolute atomic E-state index is 9.22. The molecule has 0 aliphatic rings. The fraction of sp³-hybridized carbons (Fsp3) is 0. The van der Waals surface area contributed by atoms with Gasteiger partial charge in [0.25, 0.3) is 0 Å². The van der Waals surface area contributed by atoms with E-state index in [1.807, 2.05) is 115 Å². The van der Waals surface area contributed by atoms with E-state index in [0.717, 1.165) is 77.0 Å². The zero-order valence-electron chi connectivity index (χ0n) is 38.2. The van der Waals surface area contributed by atoms with Gasteiger partial charge in [-0.25, -0.2) is 4.98 Å². The predicted molar refractivity (Wildman–Crippen MR) is 256 cm³/mol. The molecule has 0 aliphatic carbocycles. The molecule has 3 heterocycles. The Balaban J connectivity index is 1.21. The highest BCUT2D eigenvalue weighted by molar-refractivity contribution is 6.24. The molecular formula is C57H37N5. The van der Waals surface area contributed by atoms with Gasteiger partial charge in [-0.15, -0.1) is 0 Å². The van der Waals surface area contributed by atoms with Crippen molar-refractivity contribution in [2.75, 3.05) is 0 Å². The average molecular weight is 797 g/mol. The lowest BCUT2D eigenvalue weighted by molar-refractivity contribution is 0.953. The Labute approximate surface area is 365 Å². The second-order valence-electron chi connectivity index (χ2n) is 15.3. The van der Waals surface area contributed by atoms with Crippen molar-refractivity contribution in [3.05, 3.63) is 224 Å². The molecule has 0 spiro atoms. The topological polar surface area (TPSA) is 48.5 Å². The largest absolute Gasteiger partial charge is 0.307 e. The van der Waals surface area contributed by atoms with Gasteiger partial charge in [-0.2, -0.15) is 9.97 Å². The number of rotatable bonds is 7. The number of fused-ring (bicyclic) bond motifs is 7. The van der Waals surface area contributed by atoms with Gasteiger partial charge in [0.05, 0.1) is 34.6 Å². The first-order chi connectivity index (χ1) is 32.8. The molecule has 0 amide bonds. The van der Waals surface area contributed by atoms with Crippen molar-refractivity contribution in [1.82, 2.24) is 24.1 Å². The molecule has 0 N–H and O–H groups in total. The maximum Gasteiger partial charge on any atom is 0.238 e. The first kappa shape index (κ1) is 30.6. The molecule has 9 aromatic carbocycles. The molecule has 62 heavy (non-hydrogen) atoms. The van der Waals surface area contributed by atoms with Crippen LogP contribution >= 0.6 is 0 Å². The Hall–Kier alpha value is -8.41. The quantitative estimate of drug-likeness (QED) is 0.161. The molecule has 5 nitrogen and oxygen atoms in total. The number of aromatic nitrogens is 5. The second kappa shape index (κ2) is 14.7. The standard InChI is InChI=1S/C57H37N5/c1-5-17-38(18-6-1)40-29-31-43(32-30-40)56-58-55(42-23-11-4-12-24-42)59-57(60-56)62-51-28-16-14-26-47(51)49-36-35-48-46-25-13-15-27-50(46)61(53(48)54(49)62)52-37-44(39-19-7-2-8-20-39)33-34-45(52)41-21-9-3-10-22-41/h1-37H/i3D,9D,10D,21D,22D. The van der Waals surface area contributed by atoms with Gasteiger partial charge in [0.15, 0.2) is 11.6 Å². The van der Waals surface area contributed by atoms with E-state index >= 15 is 0 Å². The van der Waals surface area contributed by atoms with E-state index in [2.05, 4.69) is 88.0 Å². The van der Waals surface area contributed by atoms with Crippen molar-refractivity contribution in [3.63, 3.8) is 0 Å². The van der Waals surface area contributed by atoms with E-state index in [4.69, 9.17) is 19.1 Å². The normalized spacial score (nSPS) is 12.7. The van der Waals surface area contributed by atoms with Crippen LogP contribution in [0.5, 0.6) is 0 Å². The van der Waals surface area contributed by atoms with Crippen LogP contribution < -0.4 is 0 Å². The van der Waals surface area contributed by atoms with Crippen LogP contribution in [0.25, 0.3) is 111 Å². The Morgan fingerprint density at radius 3 is 1.40 bits per heavy atom. The minimum atomic E-state index is -0.442. The fourth-order valence-corrected chi connectivity index (χ4v) is 8.83. The van der Waals surface area contributed by atoms with Crippen molar-refractivity contribution < 1.29 is 6.85 Å². The summed E-state index contributed by atoms with van der Waals surface area (Å²) in [5.74, 6) is 1.46. The third-order valence-electron chi connectivity index (χ3n) is 11.7. The first-order valence-electron chi connectivity index (χ1n) is 23.0. The average Bonchev–Trinajstić information content (AvgIpc) is 3.91. The smallest absolute Gasteiger partial charge is 0.238 e. The lowest BCUT2D eigenvalue weighted by atomic mass is 9.98. The highest BCUT2D eigenvalue weighted by Crippen LogP contribution is 2.44. The Kier molecular flexibility index (Phi) is 7.25. The summed E-state index contributed by atoms with van der Waals surface area (Å²) in [4.78, 5) is 15.7. The molecule has 5 heteroatoms. The third-order valence-corrected chi connectivity index (χ3v) is 11.7. The summed E-state index contributed by atoms with van der Waals surface area (Å²) < 4.78 is 48.7. The number of nitrogens with zero attached hydrogens (tertiary/aromatic N) is 5. The molecule has 0 aliphatic heterocycles. The molecule has 12 rings (SSSR count). The molecule has 0 saturated carbocycles. The molecule has 0 atom stereocenters. The molecular weight excluding hydrogens is 755 g/mol. The van der Waals surface area contributed by atoms with Gasteiger partial charge in [-0.3, -0.25) is 4.57 Å². The van der Waals surface area contributed by atoms with E-state index in [0.29, 0.717) is 28.8 Å². The van der Waals surface area contributed by atoms with Gasteiger partial charge >= 0.3 is 0 Å². The van der Waals surface area contributed by atoms with Crippen molar-refractivity contribution in [2.45, 2.75) is 0 Å². The van der Waals surface area contributed by atoms with Crippen LogP contribution in [0, 0.1) is 0 Å². The van der Waals surface area contributed by atoms with E-state index < -0.39 is 18.1 Å². The SMILES string of the molecule is [2H]c1c([2H])c([2H])c(-c2ccc(-c3ccccc3)cc2-n2c3ccccc3c3ccc4c5ccccc5n(-c5nc(-c6ccccc6)nc(-c6ccc(-c7ccccc7)cc6)n5)c4c32)c([2H])c1[2H]. The number of para-hydroxylation sites is 2. The van der Waals surface area contributed by atoms with E-state index in [-0.39, 0.29) is 17.6 Å². The van der Waals surface area contributed by atoms with Crippen molar-refractivity contribution in [3.8, 4) is 67.8 Å². The Morgan fingerprint density at radius 1 is 0.339 bits per heavy atom. The Bertz CT molecular complexity index is 3880. The van der Waals surface area contributed by atoms with Crippen LogP contribution in [0.2, 0.25) is 0 Å². The van der Waals surface area contributed by atoms with Crippen LogP contribution in [0.1, 0.15) is 6.85 Å². The fourth-order valence-electron chi connectivity index (χ4n) is 8.83. The summed E-state index contributed by atoms with van der Waals surface area (Å²) in [7, 11) is 0. The van der Waals surface area contributed by atoms with Gasteiger partial charge in [0.1, 0.15) is 0 Å². The van der Waals surface area contributed by atoms with Gasteiger partial charge in [0, 0.05) is 38.2 Å². The van der Waals surface area contributed by atoms with Gasteiger partial charge in [0.2, 0.25) is 5.95 Å². The van der Waals surface area contributed by atoms with E-state index in [9.17, 15) is 2.74 Å². The minimum Gasteiger partial charge on any atom is -0.307 e. The van der Waals surface area contributed by atoms with Crippen molar-refractivity contribution >= 4 is 43.6 Å². The number of hydrogen-bond donors (Lipinski definition) is 0. The molecule has 0 radical (unpaired) electrons. The third kappa shape index (κ3) is 5.90. The first-order valence-corrected chi connectivity index (χ1v) is 20.5. The van der Waals surface area contributed by atoms with Crippen LogP contribution in [0.3, 0.4) is 0 Å². The Morgan fingerprint density at radius 2 is 0.790 bits per heavy atom. The zero-order chi connectivity index (χ0) is 45.3. The lowest BCUT2D eigenvalue weighted by Crippen LogP contribution is -2.07. The van der Waals surface area contributed by atoms with Gasteiger partial charge in [-0.1, -0.05) is 206 Å². The summed E-state index contributed by atoms with van der Waals surface area (Å²) in [5.41, 5.74) is 10.4. The second-order valence-corrected chi connectivity index (χ2v) is 15.3. The minimum absolute atomic E-state index is 0.118. The van der Waals surface area contributed by atoms with Gasteiger partial charge in [-0.05, 0) is 46.0 Å². The lowest BCUT2D eigenvalue weighted by Gasteiger charge is -2.17. The van der Waals surface area contributed by atoms with Crippen LogP contribution in [-0.4, -0.2) is 24.1 Å².